The van der Waals surface area contributed by atoms with Gasteiger partial charge in [0.15, 0.2) is 0 Å². The normalized spacial score (nSPS) is 9.62. The molecule has 0 aliphatic carbocycles. The van der Waals surface area contributed by atoms with Crippen LogP contribution in [0.15, 0.2) is 11.4 Å². The fourth-order valence-electron chi connectivity index (χ4n) is 1.50. The molecule has 0 aliphatic rings. The van der Waals surface area contributed by atoms with Crippen molar-refractivity contribution in [3.05, 3.63) is 21.9 Å². The molecule has 0 bridgehead atoms. The maximum absolute atomic E-state index is 11.8. The van der Waals surface area contributed by atoms with Gasteiger partial charge in [0.2, 0.25) is 0 Å². The zero-order valence-electron chi connectivity index (χ0n) is 12.0. The number of thiophene rings is 1. The van der Waals surface area contributed by atoms with Crippen molar-refractivity contribution in [3.63, 3.8) is 0 Å². The van der Waals surface area contributed by atoms with Crippen LogP contribution < -0.4 is 5.32 Å². The Kier molecular flexibility index (Phi) is 8.17. The molecule has 5 nitrogen and oxygen atoms in total. The lowest BCUT2D eigenvalue weighted by molar-refractivity contribution is -0.143. The number of amides is 1. The van der Waals surface area contributed by atoms with E-state index in [0.717, 1.165) is 4.88 Å². The topological polar surface area (TPSA) is 75.6 Å². The van der Waals surface area contributed by atoms with Crippen LogP contribution in [0, 0.1) is 11.8 Å². The Morgan fingerprint density at radius 2 is 2.29 bits per heavy atom. The highest BCUT2D eigenvalue weighted by atomic mass is 32.1. The Hall–Kier alpha value is -1.84. The predicted octanol–water partition coefficient (Wildman–Crippen LogP) is 1.56. The van der Waals surface area contributed by atoms with Gasteiger partial charge >= 0.3 is 5.97 Å². The number of ether oxygens (including phenoxy) is 1. The summed E-state index contributed by atoms with van der Waals surface area (Å²) in [7, 11) is 0. The van der Waals surface area contributed by atoms with Gasteiger partial charge in [-0.2, -0.15) is 0 Å². The monoisotopic (exact) mass is 309 g/mol. The highest BCUT2D eigenvalue weighted by Crippen LogP contribution is 2.13. The van der Waals surface area contributed by atoms with Gasteiger partial charge in [0.1, 0.15) is 0 Å². The number of hydrogen-bond acceptors (Lipinski definition) is 5. The van der Waals surface area contributed by atoms with Crippen molar-refractivity contribution >= 4 is 23.2 Å². The lowest BCUT2D eigenvalue weighted by Crippen LogP contribution is -2.24. The van der Waals surface area contributed by atoms with E-state index < -0.39 is 0 Å². The van der Waals surface area contributed by atoms with Crippen molar-refractivity contribution in [1.29, 1.82) is 0 Å². The molecule has 0 saturated carbocycles. The largest absolute Gasteiger partial charge is 0.466 e. The molecule has 0 atom stereocenters. The highest BCUT2D eigenvalue weighted by Gasteiger charge is 2.08. The molecular weight excluding hydrogens is 290 g/mol. The van der Waals surface area contributed by atoms with E-state index in [1.165, 1.54) is 11.3 Å². The van der Waals surface area contributed by atoms with Crippen LogP contribution in [0.2, 0.25) is 0 Å². The van der Waals surface area contributed by atoms with Crippen LogP contribution in [-0.4, -0.2) is 36.7 Å². The lowest BCUT2D eigenvalue weighted by atomic mass is 10.2. The molecule has 0 fully saturated rings. The van der Waals surface area contributed by atoms with E-state index >= 15 is 0 Å². The summed E-state index contributed by atoms with van der Waals surface area (Å²) in [5.41, 5.74) is 0.560. The van der Waals surface area contributed by atoms with Gasteiger partial charge in [0.05, 0.1) is 23.7 Å². The zero-order valence-corrected chi connectivity index (χ0v) is 12.8. The number of hydrogen-bond donors (Lipinski definition) is 2. The Morgan fingerprint density at radius 1 is 1.48 bits per heavy atom. The minimum Gasteiger partial charge on any atom is -0.466 e. The molecule has 0 aliphatic heterocycles. The third-order valence-electron chi connectivity index (χ3n) is 2.46. The van der Waals surface area contributed by atoms with E-state index in [4.69, 9.17) is 9.84 Å². The first-order valence-electron chi connectivity index (χ1n) is 6.79. The summed E-state index contributed by atoms with van der Waals surface area (Å²) in [5.74, 6) is 5.27. The van der Waals surface area contributed by atoms with E-state index in [1.807, 2.05) is 0 Å². The van der Waals surface area contributed by atoms with Gasteiger partial charge in [-0.3, -0.25) is 9.59 Å². The maximum Gasteiger partial charge on any atom is 0.305 e. The van der Waals surface area contributed by atoms with Crippen molar-refractivity contribution in [2.45, 2.75) is 26.2 Å². The summed E-state index contributed by atoms with van der Waals surface area (Å²) < 4.78 is 4.80. The number of carbonyl (C=O) groups excluding carboxylic acids is 2. The van der Waals surface area contributed by atoms with Gasteiger partial charge in [-0.05, 0) is 19.4 Å². The fraction of sp³-hybridized carbons (Fsp3) is 0.467. The smallest absolute Gasteiger partial charge is 0.305 e. The van der Waals surface area contributed by atoms with Crippen LogP contribution in [0.3, 0.4) is 0 Å². The van der Waals surface area contributed by atoms with Crippen molar-refractivity contribution in [3.8, 4) is 11.8 Å². The average molecular weight is 309 g/mol. The standard InChI is InChI=1S/C15H19NO4S/c1-2-20-14(18)7-5-8-16-15(19)12-10-13(21-11-12)6-3-4-9-17/h10-11,17H,2,4-5,7-9H2,1H3,(H,16,19). The minimum atomic E-state index is -0.247. The van der Waals surface area contributed by atoms with E-state index in [2.05, 4.69) is 17.2 Å². The van der Waals surface area contributed by atoms with Crippen LogP contribution in [-0.2, 0) is 9.53 Å². The van der Waals surface area contributed by atoms with Crippen molar-refractivity contribution in [1.82, 2.24) is 5.32 Å². The van der Waals surface area contributed by atoms with Crippen LogP contribution >= 0.6 is 11.3 Å². The van der Waals surface area contributed by atoms with Gasteiger partial charge in [-0.1, -0.05) is 11.8 Å². The summed E-state index contributed by atoms with van der Waals surface area (Å²) in [5, 5.41) is 13.1. The predicted molar refractivity (Wildman–Crippen MR) is 81.1 cm³/mol. The molecule has 0 spiro atoms. The van der Waals surface area contributed by atoms with Gasteiger partial charge in [0.25, 0.3) is 5.91 Å². The van der Waals surface area contributed by atoms with Crippen LogP contribution in [0.5, 0.6) is 0 Å². The summed E-state index contributed by atoms with van der Waals surface area (Å²) in [6.07, 6.45) is 1.28. The first kappa shape index (κ1) is 17.2. The molecule has 1 amide bonds. The summed E-state index contributed by atoms with van der Waals surface area (Å²) in [6.45, 7) is 2.60. The van der Waals surface area contributed by atoms with Crippen LogP contribution in [0.4, 0.5) is 0 Å². The molecule has 0 radical (unpaired) electrons. The molecule has 21 heavy (non-hydrogen) atoms. The molecule has 1 heterocycles. The molecule has 2 N–H and O–H groups in total. The molecule has 0 saturated heterocycles. The third-order valence-corrected chi connectivity index (χ3v) is 3.30. The molecule has 1 aromatic rings. The van der Waals surface area contributed by atoms with Crippen LogP contribution in [0.25, 0.3) is 0 Å². The Labute approximate surface area is 128 Å². The average Bonchev–Trinajstić information content (AvgIpc) is 2.93. The molecule has 6 heteroatoms. The number of aliphatic hydroxyl groups excluding tert-OH is 1. The fourth-order valence-corrected chi connectivity index (χ4v) is 2.25. The number of nitrogens with one attached hydrogen (secondary N) is 1. The van der Waals surface area contributed by atoms with Gasteiger partial charge in [-0.25, -0.2) is 0 Å². The second kappa shape index (κ2) is 9.97. The molecule has 1 rings (SSSR count). The van der Waals surface area contributed by atoms with Gasteiger partial charge < -0.3 is 15.2 Å². The number of esters is 1. The second-order valence-corrected chi connectivity index (χ2v) is 5.05. The zero-order chi connectivity index (χ0) is 15.5. The number of rotatable bonds is 7. The van der Waals surface area contributed by atoms with E-state index in [1.54, 1.807) is 18.4 Å². The summed E-state index contributed by atoms with van der Waals surface area (Å²) in [4.78, 5) is 23.8. The van der Waals surface area contributed by atoms with Crippen molar-refractivity contribution < 1.29 is 19.4 Å². The highest BCUT2D eigenvalue weighted by molar-refractivity contribution is 7.10. The quantitative estimate of drug-likeness (QED) is 0.455. The Bertz CT molecular complexity index is 527. The molecule has 1 aromatic heterocycles. The molecular formula is C15H19NO4S. The molecule has 0 aromatic carbocycles. The Balaban J connectivity index is 2.33. The maximum atomic E-state index is 11.8. The van der Waals surface area contributed by atoms with Gasteiger partial charge in [-0.15, -0.1) is 11.3 Å². The van der Waals surface area contributed by atoms with Gasteiger partial charge in [0, 0.05) is 24.8 Å². The molecule has 114 valence electrons. The van der Waals surface area contributed by atoms with E-state index in [0.29, 0.717) is 38.0 Å². The summed E-state index contributed by atoms with van der Waals surface area (Å²) in [6, 6.07) is 1.72. The minimum absolute atomic E-state index is 0.0339. The van der Waals surface area contributed by atoms with Crippen molar-refractivity contribution in [2.24, 2.45) is 0 Å². The first-order valence-corrected chi connectivity index (χ1v) is 7.67. The van der Waals surface area contributed by atoms with Crippen molar-refractivity contribution in [2.75, 3.05) is 19.8 Å². The number of carbonyl (C=O) groups is 2. The van der Waals surface area contributed by atoms with Crippen LogP contribution in [0.1, 0.15) is 41.4 Å². The first-order chi connectivity index (χ1) is 10.2. The number of aliphatic hydroxyl groups is 1. The molecule has 0 unspecified atom stereocenters. The summed E-state index contributed by atoms with van der Waals surface area (Å²) >= 11 is 1.39. The SMILES string of the molecule is CCOC(=O)CCCNC(=O)c1csc(C#CCCO)c1. The second-order valence-electron chi connectivity index (χ2n) is 4.14. The lowest BCUT2D eigenvalue weighted by Gasteiger charge is -2.03. The third kappa shape index (κ3) is 6.93. The van der Waals surface area contributed by atoms with E-state index in [-0.39, 0.29) is 18.5 Å². The Morgan fingerprint density at radius 3 is 3.00 bits per heavy atom. The van der Waals surface area contributed by atoms with E-state index in [9.17, 15) is 9.59 Å².